The molecule has 2 rings (SSSR count). The van der Waals surface area contributed by atoms with Gasteiger partial charge < -0.3 is 15.5 Å². The van der Waals surface area contributed by atoms with E-state index in [2.05, 4.69) is 49.2 Å². The van der Waals surface area contributed by atoms with Gasteiger partial charge in [0.1, 0.15) is 0 Å². The van der Waals surface area contributed by atoms with Crippen LogP contribution in [0.5, 0.6) is 0 Å². The largest absolute Gasteiger partial charge is 0.341 e. The smallest absolute Gasteiger partial charge is 0.239 e. The molecule has 1 atom stereocenters. The fourth-order valence-corrected chi connectivity index (χ4v) is 3.41. The molecule has 0 aromatic heterocycles. The summed E-state index contributed by atoms with van der Waals surface area (Å²) in [6.07, 6.45) is 3.93. The van der Waals surface area contributed by atoms with Gasteiger partial charge in [-0.2, -0.15) is 0 Å². The van der Waals surface area contributed by atoms with Crippen molar-refractivity contribution in [3.05, 3.63) is 35.9 Å². The van der Waals surface area contributed by atoms with Crippen molar-refractivity contribution >= 4 is 18.3 Å². The normalized spacial score (nSPS) is 16.8. The lowest BCUT2D eigenvalue weighted by Gasteiger charge is -2.35. The minimum atomic E-state index is -0.308. The predicted molar refractivity (Wildman–Crippen MR) is 102 cm³/mol. The molecule has 1 unspecified atom stereocenters. The molecule has 0 saturated carbocycles. The van der Waals surface area contributed by atoms with Crippen LogP contribution in [0.15, 0.2) is 30.3 Å². The molecule has 1 aromatic carbocycles. The number of carbonyl (C=O) groups excluding carboxylic acids is 1. The van der Waals surface area contributed by atoms with Crippen LogP contribution in [0.3, 0.4) is 0 Å². The second kappa shape index (κ2) is 10.7. The lowest BCUT2D eigenvalue weighted by Crippen LogP contribution is -2.48. The molecule has 1 amide bonds. The number of nitrogens with zero attached hydrogens (tertiary/aromatic N) is 2. The van der Waals surface area contributed by atoms with Gasteiger partial charge in [0.25, 0.3) is 0 Å². The van der Waals surface area contributed by atoms with Crippen molar-refractivity contribution in [1.82, 2.24) is 9.80 Å². The van der Waals surface area contributed by atoms with Crippen LogP contribution in [0.25, 0.3) is 0 Å². The van der Waals surface area contributed by atoms with E-state index in [1.165, 1.54) is 5.56 Å². The highest BCUT2D eigenvalue weighted by molar-refractivity contribution is 5.85. The summed E-state index contributed by atoms with van der Waals surface area (Å²) < 4.78 is 0. The van der Waals surface area contributed by atoms with Crippen molar-refractivity contribution in [2.75, 3.05) is 26.7 Å². The molecule has 2 N–H and O–H groups in total. The second-order valence-electron chi connectivity index (χ2n) is 6.85. The lowest BCUT2D eigenvalue weighted by molar-refractivity contribution is -0.134. The highest BCUT2D eigenvalue weighted by Gasteiger charge is 2.26. The van der Waals surface area contributed by atoms with Crippen molar-refractivity contribution in [2.45, 2.75) is 45.2 Å². The summed E-state index contributed by atoms with van der Waals surface area (Å²) in [5.74, 6) is 0.818. The third-order valence-corrected chi connectivity index (χ3v) is 4.71. The Balaban J connectivity index is 0.00000288. The van der Waals surface area contributed by atoms with E-state index in [0.29, 0.717) is 5.92 Å². The molecule has 0 bridgehead atoms. The molecule has 24 heavy (non-hydrogen) atoms. The number of halogens is 1. The number of rotatable bonds is 7. The molecule has 1 aliphatic heterocycles. The van der Waals surface area contributed by atoms with E-state index in [-0.39, 0.29) is 24.4 Å². The third-order valence-electron chi connectivity index (χ3n) is 4.71. The standard InChI is InChI=1S/C19H31N3O.ClH/c1-3-7-18(20)19(23)22-12-10-17(11-13-22)15-21(2)14-16-8-5-4-6-9-16;/h4-6,8-9,17-18H,3,7,10-15,20H2,1-2H3;1H. The molecule has 0 radical (unpaired) electrons. The Bertz CT molecular complexity index is 475. The average molecular weight is 354 g/mol. The Morgan fingerprint density at radius 3 is 2.50 bits per heavy atom. The Hall–Kier alpha value is -1.10. The Morgan fingerprint density at radius 1 is 1.29 bits per heavy atom. The lowest BCUT2D eigenvalue weighted by atomic mass is 9.95. The molecule has 1 aromatic rings. The predicted octanol–water partition coefficient (Wildman–Crippen LogP) is 2.91. The number of amides is 1. The second-order valence-corrected chi connectivity index (χ2v) is 6.85. The van der Waals surface area contributed by atoms with Gasteiger partial charge in [-0.3, -0.25) is 4.79 Å². The number of likely N-dealkylation sites (tertiary alicyclic amines) is 1. The number of hydrogen-bond donors (Lipinski definition) is 1. The zero-order chi connectivity index (χ0) is 16.7. The first-order valence-corrected chi connectivity index (χ1v) is 8.87. The maximum absolute atomic E-state index is 12.2. The minimum absolute atomic E-state index is 0. The van der Waals surface area contributed by atoms with E-state index in [4.69, 9.17) is 5.73 Å². The molecule has 136 valence electrons. The highest BCUT2D eigenvalue weighted by Crippen LogP contribution is 2.19. The first kappa shape index (κ1) is 20.9. The zero-order valence-corrected chi connectivity index (χ0v) is 15.8. The van der Waals surface area contributed by atoms with Crippen molar-refractivity contribution in [3.63, 3.8) is 0 Å². The molecule has 1 aliphatic rings. The summed E-state index contributed by atoms with van der Waals surface area (Å²) in [7, 11) is 2.18. The van der Waals surface area contributed by atoms with E-state index in [1.807, 2.05) is 4.90 Å². The number of benzene rings is 1. The zero-order valence-electron chi connectivity index (χ0n) is 15.0. The number of piperidine rings is 1. The van der Waals surface area contributed by atoms with Gasteiger partial charge in [0, 0.05) is 26.2 Å². The molecule has 0 aliphatic carbocycles. The molecule has 1 fully saturated rings. The maximum Gasteiger partial charge on any atom is 0.239 e. The van der Waals surface area contributed by atoms with Crippen LogP contribution < -0.4 is 5.73 Å². The first-order valence-electron chi connectivity index (χ1n) is 8.87. The van der Waals surface area contributed by atoms with Crippen molar-refractivity contribution in [1.29, 1.82) is 0 Å². The summed E-state index contributed by atoms with van der Waals surface area (Å²) in [5, 5.41) is 0. The van der Waals surface area contributed by atoms with E-state index in [0.717, 1.165) is 51.9 Å². The highest BCUT2D eigenvalue weighted by atomic mass is 35.5. The topological polar surface area (TPSA) is 49.6 Å². The van der Waals surface area contributed by atoms with E-state index in [9.17, 15) is 4.79 Å². The van der Waals surface area contributed by atoms with Crippen LogP contribution in [0.4, 0.5) is 0 Å². The van der Waals surface area contributed by atoms with Crippen LogP contribution in [0.1, 0.15) is 38.2 Å². The Labute approximate surface area is 152 Å². The van der Waals surface area contributed by atoms with Crippen LogP contribution >= 0.6 is 12.4 Å². The van der Waals surface area contributed by atoms with E-state index in [1.54, 1.807) is 0 Å². The van der Waals surface area contributed by atoms with Crippen LogP contribution in [0, 0.1) is 5.92 Å². The fraction of sp³-hybridized carbons (Fsp3) is 0.632. The Morgan fingerprint density at radius 2 is 1.92 bits per heavy atom. The van der Waals surface area contributed by atoms with Crippen molar-refractivity contribution < 1.29 is 4.79 Å². The van der Waals surface area contributed by atoms with Crippen LogP contribution in [-0.4, -0.2) is 48.4 Å². The maximum atomic E-state index is 12.2. The molecule has 5 heteroatoms. The van der Waals surface area contributed by atoms with Crippen LogP contribution in [-0.2, 0) is 11.3 Å². The average Bonchev–Trinajstić information content (AvgIpc) is 2.56. The van der Waals surface area contributed by atoms with Gasteiger partial charge in [0.05, 0.1) is 6.04 Å². The molecule has 1 saturated heterocycles. The number of nitrogens with two attached hydrogens (primary N) is 1. The van der Waals surface area contributed by atoms with E-state index >= 15 is 0 Å². The number of hydrogen-bond acceptors (Lipinski definition) is 3. The van der Waals surface area contributed by atoms with E-state index < -0.39 is 0 Å². The van der Waals surface area contributed by atoms with Gasteiger partial charge in [-0.1, -0.05) is 43.7 Å². The Kier molecular flexibility index (Phi) is 9.34. The molecular weight excluding hydrogens is 322 g/mol. The summed E-state index contributed by atoms with van der Waals surface area (Å²) in [6, 6.07) is 10.3. The monoisotopic (exact) mass is 353 g/mol. The van der Waals surface area contributed by atoms with Gasteiger partial charge in [0.2, 0.25) is 5.91 Å². The fourth-order valence-electron chi connectivity index (χ4n) is 3.41. The summed E-state index contributed by atoms with van der Waals surface area (Å²) in [6.45, 7) is 5.88. The summed E-state index contributed by atoms with van der Waals surface area (Å²) in [5.41, 5.74) is 7.32. The summed E-state index contributed by atoms with van der Waals surface area (Å²) in [4.78, 5) is 16.6. The van der Waals surface area contributed by atoms with Gasteiger partial charge in [0.15, 0.2) is 0 Å². The quantitative estimate of drug-likeness (QED) is 0.820. The van der Waals surface area contributed by atoms with Gasteiger partial charge in [-0.05, 0) is 37.8 Å². The summed E-state index contributed by atoms with van der Waals surface area (Å²) >= 11 is 0. The molecule has 0 spiro atoms. The van der Waals surface area contributed by atoms with Gasteiger partial charge in [-0.25, -0.2) is 0 Å². The van der Waals surface area contributed by atoms with Gasteiger partial charge >= 0.3 is 0 Å². The molecule has 4 nitrogen and oxygen atoms in total. The molecule has 1 heterocycles. The SMILES string of the molecule is CCCC(N)C(=O)N1CCC(CN(C)Cc2ccccc2)CC1.Cl. The number of carbonyl (C=O) groups is 1. The minimum Gasteiger partial charge on any atom is -0.341 e. The van der Waals surface area contributed by atoms with Gasteiger partial charge in [-0.15, -0.1) is 12.4 Å². The molecular formula is C19H32ClN3O. The van der Waals surface area contributed by atoms with Crippen molar-refractivity contribution in [2.24, 2.45) is 11.7 Å². The first-order chi connectivity index (χ1) is 11.1. The van der Waals surface area contributed by atoms with Crippen LogP contribution in [0.2, 0.25) is 0 Å². The third kappa shape index (κ3) is 6.42. The van der Waals surface area contributed by atoms with Crippen molar-refractivity contribution in [3.8, 4) is 0 Å².